The molecule has 1 unspecified atom stereocenters. The maximum atomic E-state index is 13.1. The van der Waals surface area contributed by atoms with Crippen LogP contribution in [0.15, 0.2) is 73.2 Å². The highest BCUT2D eigenvalue weighted by molar-refractivity contribution is 6.04. The Morgan fingerprint density at radius 1 is 1.09 bits per heavy atom. The molecule has 0 saturated carbocycles. The van der Waals surface area contributed by atoms with Crippen LogP contribution in [0.5, 0.6) is 0 Å². The van der Waals surface area contributed by atoms with Crippen molar-refractivity contribution in [2.75, 3.05) is 5.32 Å². The molecule has 0 radical (unpaired) electrons. The number of nitrogens with zero attached hydrogens (tertiary/aromatic N) is 4. The Balaban J connectivity index is 1.67. The zero-order valence-electron chi connectivity index (χ0n) is 17.9. The second-order valence-electron chi connectivity index (χ2n) is 7.42. The fraction of sp³-hybridized carbons (Fsp3) is 0.167. The van der Waals surface area contributed by atoms with Gasteiger partial charge in [-0.2, -0.15) is 5.10 Å². The first-order valence-electron chi connectivity index (χ1n) is 10.4. The number of halogens is 1. The number of carboxylic acids is 1. The van der Waals surface area contributed by atoms with Gasteiger partial charge in [-0.15, -0.1) is 0 Å². The maximum Gasteiger partial charge on any atom is 0.312 e. The Labute approximate surface area is 189 Å². The minimum absolute atomic E-state index is 0.219. The first kappa shape index (κ1) is 21.9. The molecule has 0 fully saturated rings. The molecule has 9 heteroatoms. The van der Waals surface area contributed by atoms with E-state index in [9.17, 15) is 19.1 Å². The van der Waals surface area contributed by atoms with Crippen LogP contribution in [0.3, 0.4) is 0 Å². The molecule has 0 aliphatic carbocycles. The summed E-state index contributed by atoms with van der Waals surface area (Å²) in [6.07, 6.45) is 5.09. The average Bonchev–Trinajstić information content (AvgIpc) is 3.47. The highest BCUT2D eigenvalue weighted by Crippen LogP contribution is 2.25. The van der Waals surface area contributed by atoms with Crippen LogP contribution in [-0.2, 0) is 11.6 Å². The van der Waals surface area contributed by atoms with Crippen molar-refractivity contribution in [3.8, 4) is 16.8 Å². The lowest BCUT2D eigenvalue weighted by atomic mass is 10.0. The molecule has 33 heavy (non-hydrogen) atoms. The number of alkyl halides is 1. The van der Waals surface area contributed by atoms with Gasteiger partial charge in [0.25, 0.3) is 5.91 Å². The number of hydrogen-bond donors (Lipinski definition) is 2. The molecule has 8 nitrogen and oxygen atoms in total. The number of carbonyl (C=O) groups is 2. The van der Waals surface area contributed by atoms with E-state index in [0.29, 0.717) is 28.8 Å². The quantitative estimate of drug-likeness (QED) is 0.414. The molecule has 0 saturated heterocycles. The lowest BCUT2D eigenvalue weighted by Crippen LogP contribution is -2.15. The first-order valence-corrected chi connectivity index (χ1v) is 10.4. The smallest absolute Gasteiger partial charge is 0.312 e. The molecule has 2 aromatic carbocycles. The van der Waals surface area contributed by atoms with E-state index >= 15 is 0 Å². The normalized spacial score (nSPS) is 11.8. The Bertz CT molecular complexity index is 1280. The van der Waals surface area contributed by atoms with Gasteiger partial charge in [-0.05, 0) is 36.2 Å². The van der Waals surface area contributed by atoms with Crippen LogP contribution < -0.4 is 5.32 Å². The van der Waals surface area contributed by atoms with Crippen LogP contribution in [0.25, 0.3) is 16.8 Å². The van der Waals surface area contributed by atoms with Crippen molar-refractivity contribution in [3.05, 3.63) is 84.4 Å². The third-order valence-corrected chi connectivity index (χ3v) is 5.26. The summed E-state index contributed by atoms with van der Waals surface area (Å²) in [5.74, 6) is -1.96. The van der Waals surface area contributed by atoms with Crippen molar-refractivity contribution < 1.29 is 19.1 Å². The fourth-order valence-electron chi connectivity index (χ4n) is 3.54. The lowest BCUT2D eigenvalue weighted by Gasteiger charge is -2.09. The summed E-state index contributed by atoms with van der Waals surface area (Å²) in [5.41, 5.74) is 2.86. The molecule has 0 spiro atoms. The summed E-state index contributed by atoms with van der Waals surface area (Å²) in [5, 5.41) is 16.3. The van der Waals surface area contributed by atoms with Crippen molar-refractivity contribution in [1.29, 1.82) is 0 Å². The summed E-state index contributed by atoms with van der Waals surface area (Å²) in [6.45, 7) is 1.04. The summed E-state index contributed by atoms with van der Waals surface area (Å²) in [4.78, 5) is 29.2. The molecule has 0 aliphatic heterocycles. The summed E-state index contributed by atoms with van der Waals surface area (Å²) in [6, 6.07) is 16.1. The first-order chi connectivity index (χ1) is 16.0. The van der Waals surface area contributed by atoms with Gasteiger partial charge in [0, 0.05) is 29.2 Å². The lowest BCUT2D eigenvalue weighted by molar-refractivity contribution is -0.138. The average molecular weight is 447 g/mol. The van der Waals surface area contributed by atoms with Gasteiger partial charge >= 0.3 is 5.97 Å². The van der Waals surface area contributed by atoms with Gasteiger partial charge in [0.15, 0.2) is 6.80 Å². The Kier molecular flexibility index (Phi) is 6.30. The SMILES string of the molecule is CCC(C(=O)O)c1cn(-c2ccccc2)c(NC(=O)c2cccc(-c3cnn(CF)c3)c2)n1. The van der Waals surface area contributed by atoms with Crippen LogP contribution in [-0.4, -0.2) is 36.3 Å². The summed E-state index contributed by atoms with van der Waals surface area (Å²) >= 11 is 0. The molecular formula is C24H22FN5O3. The third kappa shape index (κ3) is 4.67. The predicted octanol–water partition coefficient (Wildman–Crippen LogP) is 4.49. The Morgan fingerprint density at radius 2 is 1.88 bits per heavy atom. The van der Waals surface area contributed by atoms with E-state index in [1.807, 2.05) is 30.3 Å². The molecular weight excluding hydrogens is 425 g/mol. The van der Waals surface area contributed by atoms with E-state index in [-0.39, 0.29) is 5.95 Å². The van der Waals surface area contributed by atoms with Crippen molar-refractivity contribution >= 4 is 17.8 Å². The minimum Gasteiger partial charge on any atom is -0.481 e. The molecule has 0 aliphatic rings. The predicted molar refractivity (Wildman–Crippen MR) is 121 cm³/mol. The number of rotatable bonds is 8. The Morgan fingerprint density at radius 3 is 2.55 bits per heavy atom. The van der Waals surface area contributed by atoms with Crippen molar-refractivity contribution in [2.45, 2.75) is 26.1 Å². The molecule has 4 rings (SSSR count). The zero-order valence-corrected chi connectivity index (χ0v) is 17.9. The number of carboxylic acid groups (broad SMARTS) is 1. The maximum absolute atomic E-state index is 13.1. The van der Waals surface area contributed by atoms with Crippen LogP contribution in [0, 0.1) is 0 Å². The molecule has 2 N–H and O–H groups in total. The van der Waals surface area contributed by atoms with Gasteiger partial charge in [0.1, 0.15) is 5.92 Å². The van der Waals surface area contributed by atoms with Crippen LogP contribution >= 0.6 is 0 Å². The van der Waals surface area contributed by atoms with Gasteiger partial charge < -0.3 is 5.11 Å². The van der Waals surface area contributed by atoms with E-state index in [1.165, 1.54) is 6.20 Å². The number of nitrogens with one attached hydrogen (secondary N) is 1. The monoisotopic (exact) mass is 447 g/mol. The van der Waals surface area contributed by atoms with Crippen LogP contribution in [0.2, 0.25) is 0 Å². The Hall–Kier alpha value is -4.27. The zero-order chi connectivity index (χ0) is 23.4. The molecule has 1 amide bonds. The molecule has 0 bridgehead atoms. The number of amides is 1. The van der Waals surface area contributed by atoms with E-state index in [0.717, 1.165) is 10.4 Å². The van der Waals surface area contributed by atoms with E-state index in [2.05, 4.69) is 15.4 Å². The number of carbonyl (C=O) groups excluding carboxylic acids is 1. The van der Waals surface area contributed by atoms with Crippen molar-refractivity contribution in [2.24, 2.45) is 0 Å². The minimum atomic E-state index is -0.977. The topological polar surface area (TPSA) is 102 Å². The van der Waals surface area contributed by atoms with Crippen molar-refractivity contribution in [3.63, 3.8) is 0 Å². The van der Waals surface area contributed by atoms with E-state index in [1.54, 1.807) is 48.1 Å². The molecule has 2 heterocycles. The van der Waals surface area contributed by atoms with E-state index < -0.39 is 24.6 Å². The van der Waals surface area contributed by atoms with Gasteiger partial charge in [0.2, 0.25) is 5.95 Å². The third-order valence-electron chi connectivity index (χ3n) is 5.26. The van der Waals surface area contributed by atoms with Crippen LogP contribution in [0.4, 0.5) is 10.3 Å². The van der Waals surface area contributed by atoms with E-state index in [4.69, 9.17) is 0 Å². The van der Waals surface area contributed by atoms with Gasteiger partial charge in [0.05, 0.1) is 11.9 Å². The standard InChI is InChI=1S/C24H22FN5O3/c1-2-20(23(32)33)21-14-30(19-9-4-3-5-10-19)24(27-21)28-22(31)17-8-6-7-16(11-17)18-12-26-29(13-18)15-25/h3-14,20H,2,15H2,1H3,(H,32,33)(H,27,28,31). The molecule has 168 valence electrons. The molecule has 2 aromatic heterocycles. The number of benzene rings is 2. The van der Waals surface area contributed by atoms with Crippen LogP contribution in [0.1, 0.15) is 35.3 Å². The number of aromatic nitrogens is 4. The van der Waals surface area contributed by atoms with Gasteiger partial charge in [-0.1, -0.05) is 37.3 Å². The summed E-state index contributed by atoms with van der Waals surface area (Å²) in [7, 11) is 0. The van der Waals surface area contributed by atoms with Crippen molar-refractivity contribution in [1.82, 2.24) is 19.3 Å². The molecule has 1 atom stereocenters. The second-order valence-corrected chi connectivity index (χ2v) is 7.42. The van der Waals surface area contributed by atoms with Gasteiger partial charge in [-0.3, -0.25) is 19.5 Å². The number of imidazole rings is 1. The largest absolute Gasteiger partial charge is 0.481 e. The number of aliphatic carboxylic acids is 1. The highest BCUT2D eigenvalue weighted by Gasteiger charge is 2.24. The van der Waals surface area contributed by atoms with Gasteiger partial charge in [-0.25, -0.2) is 14.1 Å². The second kappa shape index (κ2) is 9.47. The fourth-order valence-corrected chi connectivity index (χ4v) is 3.54. The number of para-hydroxylation sites is 1. The number of anilines is 1. The number of hydrogen-bond acceptors (Lipinski definition) is 4. The molecule has 4 aromatic rings. The highest BCUT2D eigenvalue weighted by atomic mass is 19.1. The summed E-state index contributed by atoms with van der Waals surface area (Å²) < 4.78 is 15.6.